The summed E-state index contributed by atoms with van der Waals surface area (Å²) in [4.78, 5) is 73.2. The van der Waals surface area contributed by atoms with E-state index in [1.807, 2.05) is 71.8 Å². The Morgan fingerprint density at radius 1 is 0.765 bits per heavy atom. The van der Waals surface area contributed by atoms with Gasteiger partial charge in [-0.15, -0.1) is 0 Å². The lowest BCUT2D eigenvalue weighted by atomic mass is 10.0. The minimum Gasteiger partial charge on any atom is -0.332 e. The second kappa shape index (κ2) is 20.0. The van der Waals surface area contributed by atoms with Crippen LogP contribution in [0.3, 0.4) is 0 Å². The summed E-state index contributed by atoms with van der Waals surface area (Å²) in [6.45, 7) is 7.04. The number of pyridine rings is 1. The maximum atomic E-state index is 13.6. The Morgan fingerprint density at radius 2 is 1.54 bits per heavy atom. The number of piperidine rings is 1. The third-order valence-electron chi connectivity index (χ3n) is 13.2. The van der Waals surface area contributed by atoms with Gasteiger partial charge < -0.3 is 14.7 Å². The highest BCUT2D eigenvalue weighted by Crippen LogP contribution is 2.30. The van der Waals surface area contributed by atoms with Crippen LogP contribution in [0.25, 0.3) is 34.4 Å². The number of para-hydroxylation sites is 1. The van der Waals surface area contributed by atoms with Gasteiger partial charge in [0.1, 0.15) is 6.04 Å². The van der Waals surface area contributed by atoms with Crippen LogP contribution in [-0.4, -0.2) is 110 Å². The van der Waals surface area contributed by atoms with Crippen LogP contribution in [0.5, 0.6) is 0 Å². The van der Waals surface area contributed by atoms with Crippen LogP contribution in [0, 0.1) is 23.7 Å². The molecule has 2 aromatic heterocycles. The topological polar surface area (TPSA) is 132 Å². The van der Waals surface area contributed by atoms with Crippen molar-refractivity contribution in [3.05, 3.63) is 160 Å². The summed E-state index contributed by atoms with van der Waals surface area (Å²) in [5.41, 5.74) is 9.73. The number of rotatable bonds is 9. The quantitative estimate of drug-likeness (QED) is 0.0737. The highest BCUT2D eigenvalue weighted by Gasteiger charge is 2.39. The average molecular weight is 899 g/mol. The van der Waals surface area contributed by atoms with E-state index >= 15 is 0 Å². The van der Waals surface area contributed by atoms with E-state index in [2.05, 4.69) is 91.3 Å². The summed E-state index contributed by atoms with van der Waals surface area (Å²) < 4.78 is 0. The molecule has 10 rings (SSSR count). The second-order valence-electron chi connectivity index (χ2n) is 17.7. The molecule has 12 heteroatoms. The normalized spacial score (nSPS) is 17.3. The Morgan fingerprint density at radius 3 is 2.35 bits per heavy atom. The lowest BCUT2D eigenvalue weighted by Gasteiger charge is -2.33. The largest absolute Gasteiger partial charge is 0.332 e. The number of fused-ring (bicyclic) bond motifs is 3. The van der Waals surface area contributed by atoms with Crippen molar-refractivity contribution in [3.8, 4) is 35.1 Å². The summed E-state index contributed by atoms with van der Waals surface area (Å²) >= 11 is 0. The second-order valence-corrected chi connectivity index (χ2v) is 17.7. The van der Waals surface area contributed by atoms with Crippen molar-refractivity contribution in [1.29, 1.82) is 0 Å². The summed E-state index contributed by atoms with van der Waals surface area (Å²) in [5, 5.41) is 3.40. The fourth-order valence-corrected chi connectivity index (χ4v) is 9.27. The molecule has 4 aliphatic heterocycles. The predicted molar refractivity (Wildman–Crippen MR) is 261 cm³/mol. The zero-order chi connectivity index (χ0) is 46.4. The number of nitrogens with one attached hydrogen (secondary N) is 1. The van der Waals surface area contributed by atoms with Gasteiger partial charge in [-0.2, -0.15) is 0 Å². The van der Waals surface area contributed by atoms with E-state index in [1.54, 1.807) is 17.2 Å². The smallest absolute Gasteiger partial charge is 0.255 e. The molecule has 6 aromatic rings. The number of piperazine rings is 1. The van der Waals surface area contributed by atoms with Crippen molar-refractivity contribution in [2.45, 2.75) is 51.2 Å². The molecule has 1 unspecified atom stereocenters. The molecule has 6 heterocycles. The molecule has 1 N–H and O–H groups in total. The maximum absolute atomic E-state index is 13.6. The van der Waals surface area contributed by atoms with E-state index in [9.17, 15) is 19.2 Å². The molecular weight excluding hydrogens is 849 g/mol. The summed E-state index contributed by atoms with van der Waals surface area (Å²) in [6, 6.07) is 31.0. The van der Waals surface area contributed by atoms with Gasteiger partial charge in [0.25, 0.3) is 11.8 Å². The molecule has 2 fully saturated rings. The SMILES string of the molecule is O=C1CCC(N2Cc3c(C#CCCCN4CCN(CC#Cc5ccc(/C=C/c6ccc(C(=O)N7CCc8cnc(-c9cnc%10ccccc%10c9)nc8C7)cc6)cc5)CC4)cccc3C2=O)C(=O)N1. The van der Waals surface area contributed by atoms with Crippen LogP contribution in [0.1, 0.15) is 85.5 Å². The molecule has 4 aliphatic rings. The van der Waals surface area contributed by atoms with Gasteiger partial charge in [0.05, 0.1) is 24.3 Å². The molecule has 0 aliphatic carbocycles. The molecule has 0 spiro atoms. The van der Waals surface area contributed by atoms with E-state index in [0.29, 0.717) is 49.4 Å². The van der Waals surface area contributed by atoms with Crippen molar-refractivity contribution < 1.29 is 19.2 Å². The Labute approximate surface area is 396 Å². The first-order chi connectivity index (χ1) is 33.3. The van der Waals surface area contributed by atoms with Gasteiger partial charge >= 0.3 is 0 Å². The number of hydrogen-bond acceptors (Lipinski definition) is 9. The third-order valence-corrected chi connectivity index (χ3v) is 13.2. The average Bonchev–Trinajstić information content (AvgIpc) is 3.71. The van der Waals surface area contributed by atoms with E-state index in [4.69, 9.17) is 4.98 Å². The Bertz CT molecular complexity index is 3080. The summed E-state index contributed by atoms with van der Waals surface area (Å²) in [5.74, 6) is 13.0. The van der Waals surface area contributed by atoms with Crippen LogP contribution in [0.4, 0.5) is 0 Å². The van der Waals surface area contributed by atoms with Gasteiger partial charge in [-0.3, -0.25) is 34.4 Å². The molecule has 0 bridgehead atoms. The van der Waals surface area contributed by atoms with Crippen molar-refractivity contribution in [2.75, 3.05) is 45.8 Å². The minimum absolute atomic E-state index is 0.00880. The van der Waals surface area contributed by atoms with Crippen molar-refractivity contribution in [2.24, 2.45) is 0 Å². The number of carbonyl (C=O) groups is 4. The van der Waals surface area contributed by atoms with Gasteiger partial charge in [0.2, 0.25) is 11.8 Å². The van der Waals surface area contributed by atoms with Crippen molar-refractivity contribution in [3.63, 3.8) is 0 Å². The number of imide groups is 1. The highest BCUT2D eigenvalue weighted by molar-refractivity contribution is 6.05. The molecule has 1 atom stereocenters. The number of aromatic nitrogens is 3. The number of benzene rings is 4. The predicted octanol–water partition coefficient (Wildman–Crippen LogP) is 6.62. The minimum atomic E-state index is -0.632. The summed E-state index contributed by atoms with van der Waals surface area (Å²) in [7, 11) is 0. The molecule has 0 radical (unpaired) electrons. The Balaban J connectivity index is 0.643. The molecule has 4 amide bonds. The first-order valence-electron chi connectivity index (χ1n) is 23.4. The standard InChI is InChI=1S/C56H50N8O4/c65-52-25-24-51(54(66)60-52)64-37-48-42(11-6-12-47(48)56(64)68)9-2-1-5-27-61-30-32-62(33-31-61)28-7-8-39-14-16-40(17-15-39)18-19-41-20-22-43(23-21-41)55(67)63-29-26-45-35-58-53(59-50(45)38-63)46-34-44-10-3-4-13-49(44)57-36-46/h3-4,6,10-23,34-36,51H,1,5,24-33,37-38H2,(H,60,65,66)/b19-18+. The number of unbranched alkanes of at least 4 members (excludes halogenated alkanes) is 1. The number of hydrogen-bond donors (Lipinski definition) is 1. The molecule has 4 aromatic carbocycles. The number of nitrogens with zero attached hydrogens (tertiary/aromatic N) is 7. The van der Waals surface area contributed by atoms with E-state index in [-0.39, 0.29) is 24.1 Å². The molecule has 0 saturated carbocycles. The molecule has 2 saturated heterocycles. The van der Waals surface area contributed by atoms with Crippen molar-refractivity contribution in [1.82, 2.24) is 39.9 Å². The van der Waals surface area contributed by atoms with Crippen LogP contribution < -0.4 is 5.32 Å². The van der Waals surface area contributed by atoms with Gasteiger partial charge in [-0.1, -0.05) is 84.4 Å². The monoisotopic (exact) mass is 898 g/mol. The van der Waals surface area contributed by atoms with E-state index in [1.165, 1.54) is 0 Å². The van der Waals surface area contributed by atoms with Crippen LogP contribution in [-0.2, 0) is 29.1 Å². The van der Waals surface area contributed by atoms with Crippen LogP contribution in [0.15, 0.2) is 109 Å². The van der Waals surface area contributed by atoms with Gasteiger partial charge in [-0.25, -0.2) is 9.97 Å². The van der Waals surface area contributed by atoms with Gasteiger partial charge in [-0.05, 0) is 96.6 Å². The Kier molecular flexibility index (Phi) is 13.0. The first-order valence-corrected chi connectivity index (χ1v) is 23.4. The number of amides is 4. The molecule has 338 valence electrons. The maximum Gasteiger partial charge on any atom is 0.255 e. The molecular formula is C56H50N8O4. The zero-order valence-corrected chi connectivity index (χ0v) is 37.8. The van der Waals surface area contributed by atoms with Crippen LogP contribution >= 0.6 is 0 Å². The number of carbonyl (C=O) groups excluding carboxylic acids is 4. The lowest BCUT2D eigenvalue weighted by molar-refractivity contribution is -0.136. The molecule has 68 heavy (non-hydrogen) atoms. The highest BCUT2D eigenvalue weighted by atomic mass is 16.2. The molecule has 12 nitrogen and oxygen atoms in total. The van der Waals surface area contributed by atoms with Gasteiger partial charge in [0.15, 0.2) is 5.82 Å². The zero-order valence-electron chi connectivity index (χ0n) is 37.8. The van der Waals surface area contributed by atoms with E-state index in [0.717, 1.165) is 108 Å². The fourth-order valence-electron chi connectivity index (χ4n) is 9.27. The first kappa shape index (κ1) is 44.1. The summed E-state index contributed by atoms with van der Waals surface area (Å²) in [6.07, 6.45) is 10.8. The Hall–Kier alpha value is -7.77. The lowest BCUT2D eigenvalue weighted by Crippen LogP contribution is -2.52. The van der Waals surface area contributed by atoms with Crippen LogP contribution in [0.2, 0.25) is 0 Å². The van der Waals surface area contributed by atoms with Crippen molar-refractivity contribution >= 4 is 46.7 Å². The fraction of sp³-hybridized carbons (Fsp3) is 0.268. The van der Waals surface area contributed by atoms with Gasteiger partial charge in [0, 0.05) is 97.7 Å². The van der Waals surface area contributed by atoms with E-state index < -0.39 is 11.9 Å². The third kappa shape index (κ3) is 9.98.